The van der Waals surface area contributed by atoms with Gasteiger partial charge in [0.15, 0.2) is 0 Å². The molecule has 0 atom stereocenters. The van der Waals surface area contributed by atoms with Gasteiger partial charge in [-0.05, 0) is 52.7 Å². The highest BCUT2D eigenvalue weighted by molar-refractivity contribution is 7.92. The van der Waals surface area contributed by atoms with Crippen LogP contribution in [0, 0.1) is 5.41 Å². The molecule has 0 saturated carbocycles. The lowest BCUT2D eigenvalue weighted by Gasteiger charge is -2.12. The fourth-order valence-corrected chi connectivity index (χ4v) is 5.57. The molecule has 0 saturated heterocycles. The summed E-state index contributed by atoms with van der Waals surface area (Å²) in [6, 6.07) is 22.3. The lowest BCUT2D eigenvalue weighted by Crippen LogP contribution is -2.23. The SMILES string of the molecule is N=C(N)c1ccc(CNC(=O)c2cccc3cc(NS(=O)(=O)c4ccc5scnc5c4)ccc23)cc1. The number of amidine groups is 1. The maximum absolute atomic E-state index is 12.9. The third kappa shape index (κ3) is 4.77. The van der Waals surface area contributed by atoms with Gasteiger partial charge in [-0.15, -0.1) is 11.3 Å². The number of nitrogens with two attached hydrogens (primary N) is 1. The fraction of sp³-hybridized carbons (Fsp3) is 0.0385. The van der Waals surface area contributed by atoms with Crippen molar-refractivity contribution in [2.75, 3.05) is 4.72 Å². The van der Waals surface area contributed by atoms with Gasteiger partial charge in [-0.25, -0.2) is 13.4 Å². The van der Waals surface area contributed by atoms with Crippen LogP contribution in [0.15, 0.2) is 89.3 Å². The van der Waals surface area contributed by atoms with E-state index in [4.69, 9.17) is 11.1 Å². The van der Waals surface area contributed by atoms with E-state index in [1.807, 2.05) is 18.2 Å². The van der Waals surface area contributed by atoms with E-state index in [0.29, 0.717) is 34.3 Å². The first-order chi connectivity index (χ1) is 17.3. The van der Waals surface area contributed by atoms with Crippen molar-refractivity contribution in [2.24, 2.45) is 5.73 Å². The molecule has 0 aliphatic rings. The molecule has 5 N–H and O–H groups in total. The van der Waals surface area contributed by atoms with E-state index in [0.717, 1.165) is 15.6 Å². The highest BCUT2D eigenvalue weighted by Crippen LogP contribution is 2.26. The van der Waals surface area contributed by atoms with Gasteiger partial charge < -0.3 is 11.1 Å². The Hall–Kier alpha value is -4.28. The van der Waals surface area contributed by atoms with Crippen molar-refractivity contribution < 1.29 is 13.2 Å². The van der Waals surface area contributed by atoms with Crippen LogP contribution < -0.4 is 15.8 Å². The minimum absolute atomic E-state index is 0.0106. The van der Waals surface area contributed by atoms with Crippen LogP contribution in [0.25, 0.3) is 21.0 Å². The first-order valence-electron chi connectivity index (χ1n) is 10.9. The van der Waals surface area contributed by atoms with Gasteiger partial charge in [-0.1, -0.05) is 42.5 Å². The quantitative estimate of drug-likeness (QED) is 0.187. The van der Waals surface area contributed by atoms with Crippen LogP contribution in [-0.2, 0) is 16.6 Å². The number of nitrogen functional groups attached to an aromatic ring is 1. The largest absolute Gasteiger partial charge is 0.384 e. The Bertz CT molecular complexity index is 1730. The van der Waals surface area contributed by atoms with Crippen molar-refractivity contribution in [3.05, 3.63) is 101 Å². The van der Waals surface area contributed by atoms with Crippen LogP contribution >= 0.6 is 11.3 Å². The topological polar surface area (TPSA) is 138 Å². The monoisotopic (exact) mass is 515 g/mol. The molecule has 1 amide bonds. The lowest BCUT2D eigenvalue weighted by atomic mass is 10.0. The maximum atomic E-state index is 12.9. The Labute approximate surface area is 211 Å². The normalized spacial score (nSPS) is 11.4. The van der Waals surface area contributed by atoms with Gasteiger partial charge in [-0.3, -0.25) is 14.9 Å². The number of carbonyl (C=O) groups excluding carboxylic acids is 1. The molecule has 10 heteroatoms. The molecule has 0 aliphatic carbocycles. The number of sulfonamides is 1. The molecule has 1 aromatic heterocycles. The zero-order chi connectivity index (χ0) is 25.3. The summed E-state index contributed by atoms with van der Waals surface area (Å²) in [5.74, 6) is -0.260. The predicted octanol–water partition coefficient (Wildman–Crippen LogP) is 4.46. The average molecular weight is 516 g/mol. The summed E-state index contributed by atoms with van der Waals surface area (Å²) in [5, 5.41) is 11.8. The average Bonchev–Trinajstić information content (AvgIpc) is 3.35. The van der Waals surface area contributed by atoms with E-state index in [2.05, 4.69) is 15.0 Å². The molecule has 5 aromatic rings. The highest BCUT2D eigenvalue weighted by atomic mass is 32.2. The smallest absolute Gasteiger partial charge is 0.261 e. The Balaban J connectivity index is 1.34. The number of nitrogens with zero attached hydrogens (tertiary/aromatic N) is 1. The number of nitrogens with one attached hydrogen (secondary N) is 3. The number of amides is 1. The van der Waals surface area contributed by atoms with Crippen LogP contribution in [0.1, 0.15) is 21.5 Å². The first-order valence-corrected chi connectivity index (χ1v) is 13.3. The summed E-state index contributed by atoms with van der Waals surface area (Å²) in [6.45, 7) is 0.314. The van der Waals surface area contributed by atoms with E-state index >= 15 is 0 Å². The molecule has 0 radical (unpaired) electrons. The fourth-order valence-electron chi connectivity index (χ4n) is 3.84. The summed E-state index contributed by atoms with van der Waals surface area (Å²) in [4.78, 5) is 17.2. The minimum Gasteiger partial charge on any atom is -0.384 e. The molecule has 0 spiro atoms. The van der Waals surface area contributed by atoms with Gasteiger partial charge in [0.1, 0.15) is 5.84 Å². The Morgan fingerprint density at radius 2 is 1.81 bits per heavy atom. The second-order valence-electron chi connectivity index (χ2n) is 8.12. The van der Waals surface area contributed by atoms with Crippen LogP contribution in [0.2, 0.25) is 0 Å². The number of benzene rings is 4. The van der Waals surface area contributed by atoms with E-state index in [9.17, 15) is 13.2 Å². The Kier molecular flexibility index (Phi) is 6.13. The number of hydrogen-bond donors (Lipinski definition) is 4. The van der Waals surface area contributed by atoms with Crippen molar-refractivity contribution in [3.8, 4) is 0 Å². The van der Waals surface area contributed by atoms with Crippen molar-refractivity contribution in [3.63, 3.8) is 0 Å². The van der Waals surface area contributed by atoms with Crippen LogP contribution in [0.5, 0.6) is 0 Å². The third-order valence-corrected chi connectivity index (χ3v) is 7.90. The Morgan fingerprint density at radius 3 is 2.58 bits per heavy atom. The van der Waals surface area contributed by atoms with Crippen molar-refractivity contribution in [1.82, 2.24) is 10.3 Å². The van der Waals surface area contributed by atoms with E-state index in [1.165, 1.54) is 11.3 Å². The molecule has 0 unspecified atom stereocenters. The second-order valence-corrected chi connectivity index (χ2v) is 10.7. The predicted molar refractivity (Wildman–Crippen MR) is 143 cm³/mol. The Morgan fingerprint density at radius 1 is 1.00 bits per heavy atom. The maximum Gasteiger partial charge on any atom is 0.261 e. The number of thiazole rings is 1. The van der Waals surface area contributed by atoms with Crippen LogP contribution in [0.4, 0.5) is 5.69 Å². The molecule has 5 rings (SSSR count). The summed E-state index contributed by atoms with van der Waals surface area (Å²) in [6.07, 6.45) is 0. The first kappa shape index (κ1) is 23.5. The summed E-state index contributed by atoms with van der Waals surface area (Å²) >= 11 is 1.45. The van der Waals surface area contributed by atoms with Gasteiger partial charge in [0.25, 0.3) is 15.9 Å². The van der Waals surface area contributed by atoms with Gasteiger partial charge in [-0.2, -0.15) is 0 Å². The van der Waals surface area contributed by atoms with Crippen LogP contribution in [-0.4, -0.2) is 25.1 Å². The van der Waals surface area contributed by atoms with Crippen molar-refractivity contribution >= 4 is 59.8 Å². The van der Waals surface area contributed by atoms with E-state index < -0.39 is 10.0 Å². The van der Waals surface area contributed by atoms with Gasteiger partial charge >= 0.3 is 0 Å². The number of rotatable bonds is 7. The van der Waals surface area contributed by atoms with Gasteiger partial charge in [0, 0.05) is 23.4 Å². The highest BCUT2D eigenvalue weighted by Gasteiger charge is 2.17. The summed E-state index contributed by atoms with van der Waals surface area (Å²) in [5.41, 5.74) is 10.2. The lowest BCUT2D eigenvalue weighted by molar-refractivity contribution is 0.0952. The number of hydrogen-bond acceptors (Lipinski definition) is 6. The van der Waals surface area contributed by atoms with Crippen molar-refractivity contribution in [1.29, 1.82) is 5.41 Å². The minimum atomic E-state index is -3.81. The zero-order valence-corrected chi connectivity index (χ0v) is 20.5. The molecule has 8 nitrogen and oxygen atoms in total. The number of fused-ring (bicyclic) bond motifs is 2. The molecule has 0 bridgehead atoms. The number of carbonyl (C=O) groups is 1. The van der Waals surface area contributed by atoms with Gasteiger partial charge in [0.05, 0.1) is 20.6 Å². The number of aromatic nitrogens is 1. The van der Waals surface area contributed by atoms with Crippen molar-refractivity contribution in [2.45, 2.75) is 11.4 Å². The summed E-state index contributed by atoms with van der Waals surface area (Å²) in [7, 11) is -3.81. The third-order valence-electron chi connectivity index (χ3n) is 5.71. The molecule has 0 fully saturated rings. The van der Waals surface area contributed by atoms with Crippen LogP contribution in [0.3, 0.4) is 0 Å². The molecular weight excluding hydrogens is 494 g/mol. The van der Waals surface area contributed by atoms with Gasteiger partial charge in [0.2, 0.25) is 0 Å². The van der Waals surface area contributed by atoms with E-state index in [-0.39, 0.29) is 16.6 Å². The molecule has 0 aliphatic heterocycles. The number of anilines is 1. The molecule has 180 valence electrons. The summed E-state index contributed by atoms with van der Waals surface area (Å²) < 4.78 is 29.4. The van der Waals surface area contributed by atoms with E-state index in [1.54, 1.807) is 66.2 Å². The standard InChI is InChI=1S/C26H21N5O3S2/c27-25(28)17-6-4-16(5-7-17)14-29-26(32)22-3-1-2-18-12-19(8-10-21(18)22)31-36(33,34)20-9-11-24-23(13-20)30-15-35-24/h1-13,15,31H,14H2,(H3,27,28)(H,29,32). The molecule has 1 heterocycles. The molecule has 4 aromatic carbocycles. The zero-order valence-electron chi connectivity index (χ0n) is 18.9. The molecular formula is C26H21N5O3S2. The molecule has 36 heavy (non-hydrogen) atoms. The second kappa shape index (κ2) is 9.40.